The van der Waals surface area contributed by atoms with Crippen LogP contribution in [0.1, 0.15) is 62.3 Å². The van der Waals surface area contributed by atoms with Crippen LogP contribution in [0.2, 0.25) is 0 Å². The van der Waals surface area contributed by atoms with E-state index in [0.29, 0.717) is 12.8 Å². The van der Waals surface area contributed by atoms with Crippen molar-refractivity contribution in [2.45, 2.75) is 58.5 Å². The van der Waals surface area contributed by atoms with E-state index in [1.807, 2.05) is 6.07 Å². The van der Waals surface area contributed by atoms with Gasteiger partial charge in [-0.25, -0.2) is 0 Å². The van der Waals surface area contributed by atoms with Gasteiger partial charge in [-0.1, -0.05) is 32.0 Å². The van der Waals surface area contributed by atoms with E-state index in [2.05, 4.69) is 26.0 Å². The van der Waals surface area contributed by atoms with Crippen molar-refractivity contribution in [1.82, 2.24) is 0 Å². The maximum atomic E-state index is 10.4. The van der Waals surface area contributed by atoms with Crippen LogP contribution in [0.5, 0.6) is 0 Å². The normalized spacial score (nSPS) is 12.4. The molecule has 106 valence electrons. The summed E-state index contributed by atoms with van der Waals surface area (Å²) in [5, 5.41) is 18.7. The third kappa shape index (κ3) is 5.03. The molecule has 1 atom stereocenters. The molecule has 0 spiro atoms. The van der Waals surface area contributed by atoms with Crippen LogP contribution in [-0.4, -0.2) is 16.2 Å². The van der Waals surface area contributed by atoms with Gasteiger partial charge in [-0.2, -0.15) is 0 Å². The molecule has 1 unspecified atom stereocenters. The maximum absolute atomic E-state index is 10.4. The minimum absolute atomic E-state index is 0.182. The number of carbonyl (C=O) groups is 1. The fourth-order valence-corrected chi connectivity index (χ4v) is 2.31. The highest BCUT2D eigenvalue weighted by Gasteiger charge is 2.10. The SMILES string of the molecule is CCc1ccc(C(O)CCCCC(=O)O)cc1CC. The highest BCUT2D eigenvalue weighted by molar-refractivity contribution is 5.66. The highest BCUT2D eigenvalue weighted by atomic mass is 16.4. The highest BCUT2D eigenvalue weighted by Crippen LogP contribution is 2.23. The van der Waals surface area contributed by atoms with Gasteiger partial charge in [-0.05, 0) is 48.8 Å². The van der Waals surface area contributed by atoms with Crippen molar-refractivity contribution in [3.63, 3.8) is 0 Å². The Hall–Kier alpha value is -1.35. The van der Waals surface area contributed by atoms with Gasteiger partial charge >= 0.3 is 5.97 Å². The van der Waals surface area contributed by atoms with Gasteiger partial charge in [-0.15, -0.1) is 0 Å². The molecule has 0 saturated carbocycles. The number of unbranched alkanes of at least 4 members (excludes halogenated alkanes) is 1. The first-order valence-corrected chi connectivity index (χ1v) is 7.10. The second-order valence-corrected chi connectivity index (χ2v) is 4.89. The molecule has 2 N–H and O–H groups in total. The van der Waals surface area contributed by atoms with Crippen LogP contribution >= 0.6 is 0 Å². The number of carboxylic acids is 1. The Bertz CT molecular complexity index is 412. The maximum Gasteiger partial charge on any atom is 0.303 e. The summed E-state index contributed by atoms with van der Waals surface area (Å²) in [4.78, 5) is 10.4. The first-order valence-electron chi connectivity index (χ1n) is 7.10. The molecule has 0 aliphatic carbocycles. The lowest BCUT2D eigenvalue weighted by Gasteiger charge is -2.14. The zero-order valence-corrected chi connectivity index (χ0v) is 11.9. The van der Waals surface area contributed by atoms with Crippen LogP contribution in [0.4, 0.5) is 0 Å². The van der Waals surface area contributed by atoms with Crippen molar-refractivity contribution >= 4 is 5.97 Å². The Morgan fingerprint density at radius 2 is 1.84 bits per heavy atom. The lowest BCUT2D eigenvalue weighted by atomic mass is 9.96. The number of aliphatic hydroxyl groups excluding tert-OH is 1. The molecule has 1 aromatic carbocycles. The molecule has 1 rings (SSSR count). The third-order valence-corrected chi connectivity index (χ3v) is 3.50. The Morgan fingerprint density at radius 1 is 1.16 bits per heavy atom. The predicted octanol–water partition coefficient (Wildman–Crippen LogP) is 3.49. The average Bonchev–Trinajstić information content (AvgIpc) is 2.42. The van der Waals surface area contributed by atoms with Crippen LogP contribution in [0, 0.1) is 0 Å². The summed E-state index contributed by atoms with van der Waals surface area (Å²) in [6.07, 6.45) is 3.68. The monoisotopic (exact) mass is 264 g/mol. The molecular weight excluding hydrogens is 240 g/mol. The van der Waals surface area contributed by atoms with Crippen molar-refractivity contribution < 1.29 is 15.0 Å². The molecular formula is C16H24O3. The van der Waals surface area contributed by atoms with Crippen molar-refractivity contribution in [3.05, 3.63) is 34.9 Å². The molecule has 19 heavy (non-hydrogen) atoms. The Labute approximate surface area is 115 Å². The fourth-order valence-electron chi connectivity index (χ4n) is 2.31. The standard InChI is InChI=1S/C16H24O3/c1-3-12-9-10-14(11-13(12)4-2)15(17)7-5-6-8-16(18)19/h9-11,15,17H,3-8H2,1-2H3,(H,18,19). The molecule has 0 radical (unpaired) electrons. The number of carboxylic acid groups (broad SMARTS) is 1. The minimum Gasteiger partial charge on any atom is -0.481 e. The second-order valence-electron chi connectivity index (χ2n) is 4.89. The summed E-state index contributed by atoms with van der Waals surface area (Å²) in [5.74, 6) is -0.768. The molecule has 0 aromatic heterocycles. The summed E-state index contributed by atoms with van der Waals surface area (Å²) >= 11 is 0. The summed E-state index contributed by atoms with van der Waals surface area (Å²) in [6.45, 7) is 4.26. The summed E-state index contributed by atoms with van der Waals surface area (Å²) < 4.78 is 0. The number of hydrogen-bond donors (Lipinski definition) is 2. The van der Waals surface area contributed by atoms with E-state index in [1.165, 1.54) is 11.1 Å². The molecule has 0 aliphatic rings. The molecule has 0 heterocycles. The number of benzene rings is 1. The second kappa shape index (κ2) is 7.95. The summed E-state index contributed by atoms with van der Waals surface area (Å²) in [5.41, 5.74) is 3.58. The Kier molecular flexibility index (Phi) is 6.57. The molecule has 0 bridgehead atoms. The third-order valence-electron chi connectivity index (χ3n) is 3.50. The van der Waals surface area contributed by atoms with Gasteiger partial charge in [0, 0.05) is 6.42 Å². The molecule has 0 aliphatic heterocycles. The van der Waals surface area contributed by atoms with Crippen LogP contribution in [0.15, 0.2) is 18.2 Å². The number of hydrogen-bond acceptors (Lipinski definition) is 2. The number of rotatable bonds is 8. The van der Waals surface area contributed by atoms with Crippen molar-refractivity contribution in [2.75, 3.05) is 0 Å². The largest absolute Gasteiger partial charge is 0.481 e. The van der Waals surface area contributed by atoms with E-state index < -0.39 is 12.1 Å². The molecule has 3 nitrogen and oxygen atoms in total. The van der Waals surface area contributed by atoms with Gasteiger partial charge in [0.2, 0.25) is 0 Å². The molecule has 1 aromatic rings. The lowest BCUT2D eigenvalue weighted by Crippen LogP contribution is -2.01. The van der Waals surface area contributed by atoms with Gasteiger partial charge in [-0.3, -0.25) is 4.79 Å². The van der Waals surface area contributed by atoms with Gasteiger partial charge in [0.15, 0.2) is 0 Å². The number of aryl methyl sites for hydroxylation is 2. The quantitative estimate of drug-likeness (QED) is 0.707. The summed E-state index contributed by atoms with van der Waals surface area (Å²) in [7, 11) is 0. The smallest absolute Gasteiger partial charge is 0.303 e. The minimum atomic E-state index is -0.768. The van der Waals surface area contributed by atoms with Gasteiger partial charge < -0.3 is 10.2 Å². The molecule has 0 amide bonds. The van der Waals surface area contributed by atoms with Crippen molar-refractivity contribution in [2.24, 2.45) is 0 Å². The Balaban J connectivity index is 2.56. The first kappa shape index (κ1) is 15.7. The van der Waals surface area contributed by atoms with E-state index in [-0.39, 0.29) is 6.42 Å². The predicted molar refractivity (Wildman–Crippen MR) is 76.3 cm³/mol. The van der Waals surface area contributed by atoms with Crippen LogP contribution in [0.25, 0.3) is 0 Å². The van der Waals surface area contributed by atoms with Gasteiger partial charge in [0.1, 0.15) is 0 Å². The zero-order chi connectivity index (χ0) is 14.3. The zero-order valence-electron chi connectivity index (χ0n) is 11.9. The topological polar surface area (TPSA) is 57.5 Å². The van der Waals surface area contributed by atoms with Crippen LogP contribution < -0.4 is 0 Å². The summed E-state index contributed by atoms with van der Waals surface area (Å²) in [6, 6.07) is 6.16. The Morgan fingerprint density at radius 3 is 2.42 bits per heavy atom. The van der Waals surface area contributed by atoms with E-state index in [9.17, 15) is 9.90 Å². The van der Waals surface area contributed by atoms with E-state index in [1.54, 1.807) is 0 Å². The molecule has 3 heteroatoms. The fraction of sp³-hybridized carbons (Fsp3) is 0.562. The lowest BCUT2D eigenvalue weighted by molar-refractivity contribution is -0.137. The van der Waals surface area contributed by atoms with Crippen molar-refractivity contribution in [1.29, 1.82) is 0 Å². The first-order chi connectivity index (χ1) is 9.08. The van der Waals surface area contributed by atoms with Gasteiger partial charge in [0.05, 0.1) is 6.10 Å². The number of aliphatic carboxylic acids is 1. The molecule has 0 saturated heterocycles. The van der Waals surface area contributed by atoms with E-state index in [4.69, 9.17) is 5.11 Å². The van der Waals surface area contributed by atoms with Crippen molar-refractivity contribution in [3.8, 4) is 0 Å². The van der Waals surface area contributed by atoms with Crippen LogP contribution in [0.3, 0.4) is 0 Å². The molecule has 0 fully saturated rings. The van der Waals surface area contributed by atoms with Gasteiger partial charge in [0.25, 0.3) is 0 Å². The van der Waals surface area contributed by atoms with Crippen LogP contribution in [-0.2, 0) is 17.6 Å². The number of aliphatic hydroxyl groups is 1. The average molecular weight is 264 g/mol. The van der Waals surface area contributed by atoms with E-state index in [0.717, 1.165) is 24.8 Å². The van der Waals surface area contributed by atoms with E-state index >= 15 is 0 Å².